The van der Waals surface area contributed by atoms with Crippen LogP contribution in [0, 0.1) is 5.92 Å². The molecule has 1 aromatic rings. The minimum Gasteiger partial charge on any atom is -0.253 e. The number of benzene rings is 1. The highest BCUT2D eigenvalue weighted by Gasteiger charge is 2.07. The molecule has 1 nitrogen and oxygen atoms in total. The van der Waals surface area contributed by atoms with Crippen molar-refractivity contribution in [2.75, 3.05) is 0 Å². The predicted molar refractivity (Wildman–Crippen MR) is 95.0 cm³/mol. The van der Waals surface area contributed by atoms with Crippen molar-refractivity contribution in [1.29, 1.82) is 0 Å². The Labute approximate surface area is 130 Å². The Morgan fingerprint density at radius 3 is 2.62 bits per heavy atom. The summed E-state index contributed by atoms with van der Waals surface area (Å²) in [4.78, 5) is 4.72. The Morgan fingerprint density at radius 2 is 2.00 bits per heavy atom. The maximum Gasteiger partial charge on any atom is 0.0701 e. The molecular formula is C20H29N. The summed E-state index contributed by atoms with van der Waals surface area (Å²) in [6, 6.07) is 8.47. The van der Waals surface area contributed by atoms with Gasteiger partial charge < -0.3 is 0 Å². The summed E-state index contributed by atoms with van der Waals surface area (Å²) in [6.45, 7) is 14.8. The lowest BCUT2D eigenvalue weighted by molar-refractivity contribution is 0.515. The number of aryl methyl sites for hydroxylation is 1. The van der Waals surface area contributed by atoms with Crippen LogP contribution in [-0.4, -0.2) is 5.71 Å². The molecule has 0 aliphatic rings. The van der Waals surface area contributed by atoms with E-state index in [4.69, 9.17) is 4.99 Å². The van der Waals surface area contributed by atoms with Crippen LogP contribution in [0.4, 0.5) is 0 Å². The number of hydrogen-bond donors (Lipinski definition) is 0. The second kappa shape index (κ2) is 9.33. The van der Waals surface area contributed by atoms with Crippen molar-refractivity contribution in [3.8, 4) is 0 Å². The zero-order valence-corrected chi connectivity index (χ0v) is 13.9. The van der Waals surface area contributed by atoms with Crippen LogP contribution in [0.2, 0.25) is 0 Å². The molecule has 1 heteroatoms. The normalized spacial score (nSPS) is 13.0. The predicted octanol–water partition coefficient (Wildman–Crippen LogP) is 5.95. The van der Waals surface area contributed by atoms with E-state index in [0.717, 1.165) is 43.0 Å². The Hall–Kier alpha value is -1.63. The fraction of sp³-hybridized carbons (Fsp3) is 0.450. The van der Waals surface area contributed by atoms with E-state index in [1.807, 2.05) is 6.08 Å². The fourth-order valence-electron chi connectivity index (χ4n) is 2.32. The van der Waals surface area contributed by atoms with Gasteiger partial charge >= 0.3 is 0 Å². The van der Waals surface area contributed by atoms with E-state index in [1.54, 1.807) is 0 Å². The van der Waals surface area contributed by atoms with E-state index in [1.165, 1.54) is 17.5 Å². The van der Waals surface area contributed by atoms with Crippen LogP contribution < -0.4 is 0 Å². The second-order valence-electron chi connectivity index (χ2n) is 5.73. The van der Waals surface area contributed by atoms with E-state index in [2.05, 4.69) is 58.2 Å². The van der Waals surface area contributed by atoms with E-state index in [0.29, 0.717) is 0 Å². The first-order chi connectivity index (χ1) is 10.1. The highest BCUT2D eigenvalue weighted by molar-refractivity contribution is 6.09. The van der Waals surface area contributed by atoms with Gasteiger partial charge in [-0.05, 0) is 36.8 Å². The molecule has 1 aromatic carbocycles. The molecule has 0 saturated carbocycles. The molecular weight excluding hydrogens is 254 g/mol. The molecule has 114 valence electrons. The number of hydrogen-bond acceptors (Lipinski definition) is 1. The van der Waals surface area contributed by atoms with Gasteiger partial charge in [0.25, 0.3) is 0 Å². The molecule has 1 rings (SSSR count). The summed E-state index contributed by atoms with van der Waals surface area (Å²) in [5.41, 5.74) is 4.44. The summed E-state index contributed by atoms with van der Waals surface area (Å²) >= 11 is 0. The van der Waals surface area contributed by atoms with Crippen molar-refractivity contribution in [1.82, 2.24) is 0 Å². The topological polar surface area (TPSA) is 12.4 Å². The first-order valence-corrected chi connectivity index (χ1v) is 8.09. The van der Waals surface area contributed by atoms with E-state index in [9.17, 15) is 0 Å². The molecule has 0 bridgehead atoms. The zero-order valence-electron chi connectivity index (χ0n) is 13.9. The third kappa shape index (κ3) is 5.71. The smallest absolute Gasteiger partial charge is 0.0701 e. The average Bonchev–Trinajstić information content (AvgIpc) is 2.51. The van der Waals surface area contributed by atoms with Gasteiger partial charge in [0, 0.05) is 11.3 Å². The third-order valence-electron chi connectivity index (χ3n) is 3.91. The maximum atomic E-state index is 4.72. The van der Waals surface area contributed by atoms with Crippen LogP contribution in [0.25, 0.3) is 0 Å². The lowest BCUT2D eigenvalue weighted by Gasteiger charge is -2.11. The van der Waals surface area contributed by atoms with Crippen LogP contribution in [0.1, 0.15) is 57.6 Å². The van der Waals surface area contributed by atoms with Gasteiger partial charge in [-0.25, -0.2) is 0 Å². The van der Waals surface area contributed by atoms with Gasteiger partial charge in [-0.1, -0.05) is 71.0 Å². The number of nitrogens with zero attached hydrogens (tertiary/aromatic N) is 1. The van der Waals surface area contributed by atoms with Gasteiger partial charge in [-0.3, -0.25) is 4.99 Å². The highest BCUT2D eigenvalue weighted by Crippen LogP contribution is 2.18. The Balaban J connectivity index is 2.89. The molecule has 1 atom stereocenters. The van der Waals surface area contributed by atoms with Crippen molar-refractivity contribution in [2.24, 2.45) is 10.9 Å². The molecule has 0 aliphatic carbocycles. The average molecular weight is 283 g/mol. The van der Waals surface area contributed by atoms with Crippen molar-refractivity contribution in [2.45, 2.75) is 52.9 Å². The summed E-state index contributed by atoms with van der Waals surface area (Å²) in [5, 5.41) is 0. The minimum absolute atomic E-state index is 0.733. The zero-order chi connectivity index (χ0) is 15.7. The van der Waals surface area contributed by atoms with E-state index < -0.39 is 0 Å². The SMILES string of the molecule is C=C/C(=N/C(=C)CCC(C)CC)c1ccccc1CCC. The van der Waals surface area contributed by atoms with E-state index in [-0.39, 0.29) is 0 Å². The largest absolute Gasteiger partial charge is 0.253 e. The van der Waals surface area contributed by atoms with Crippen molar-refractivity contribution < 1.29 is 0 Å². The Kier molecular flexibility index (Phi) is 7.74. The third-order valence-corrected chi connectivity index (χ3v) is 3.91. The molecule has 0 aliphatic heterocycles. The fourth-order valence-corrected chi connectivity index (χ4v) is 2.32. The van der Waals surface area contributed by atoms with Crippen molar-refractivity contribution >= 4 is 5.71 Å². The van der Waals surface area contributed by atoms with Crippen molar-refractivity contribution in [3.05, 3.63) is 60.3 Å². The lowest BCUT2D eigenvalue weighted by atomic mass is 9.99. The molecule has 0 amide bonds. The molecule has 0 aromatic heterocycles. The highest BCUT2D eigenvalue weighted by atomic mass is 14.7. The van der Waals surface area contributed by atoms with Gasteiger partial charge in [-0.15, -0.1) is 0 Å². The summed E-state index contributed by atoms with van der Waals surface area (Å²) < 4.78 is 0. The van der Waals surface area contributed by atoms with Crippen LogP contribution >= 0.6 is 0 Å². The summed E-state index contributed by atoms with van der Waals surface area (Å²) in [5.74, 6) is 0.733. The van der Waals surface area contributed by atoms with Gasteiger partial charge in [0.15, 0.2) is 0 Å². The number of rotatable bonds is 9. The number of allylic oxidation sites excluding steroid dienone is 2. The van der Waals surface area contributed by atoms with Gasteiger partial charge in [-0.2, -0.15) is 0 Å². The van der Waals surface area contributed by atoms with Crippen LogP contribution in [-0.2, 0) is 6.42 Å². The van der Waals surface area contributed by atoms with E-state index >= 15 is 0 Å². The Morgan fingerprint density at radius 1 is 1.29 bits per heavy atom. The molecule has 0 N–H and O–H groups in total. The van der Waals surface area contributed by atoms with Crippen LogP contribution in [0.5, 0.6) is 0 Å². The standard InChI is InChI=1S/C20H29N/c1-6-11-18-12-9-10-13-19(18)20(8-3)21-17(5)15-14-16(4)7-2/h8-10,12-13,16H,3,5-7,11,14-15H2,1-2,4H3/b21-20-. The monoisotopic (exact) mass is 283 g/mol. The Bertz CT molecular complexity index is 496. The molecule has 0 saturated heterocycles. The second-order valence-corrected chi connectivity index (χ2v) is 5.73. The minimum atomic E-state index is 0.733. The van der Waals surface area contributed by atoms with Crippen LogP contribution in [0.15, 0.2) is 54.2 Å². The van der Waals surface area contributed by atoms with Gasteiger partial charge in [0.1, 0.15) is 0 Å². The van der Waals surface area contributed by atoms with Crippen LogP contribution in [0.3, 0.4) is 0 Å². The van der Waals surface area contributed by atoms with Gasteiger partial charge in [0.05, 0.1) is 5.71 Å². The first-order valence-electron chi connectivity index (χ1n) is 8.09. The lowest BCUT2D eigenvalue weighted by Crippen LogP contribution is -2.03. The maximum absolute atomic E-state index is 4.72. The molecule has 0 spiro atoms. The first kappa shape index (κ1) is 17.4. The molecule has 21 heavy (non-hydrogen) atoms. The molecule has 1 unspecified atom stereocenters. The molecule has 0 heterocycles. The van der Waals surface area contributed by atoms with Gasteiger partial charge in [0.2, 0.25) is 0 Å². The summed E-state index contributed by atoms with van der Waals surface area (Å²) in [7, 11) is 0. The summed E-state index contributed by atoms with van der Waals surface area (Å²) in [6.07, 6.45) is 7.38. The quantitative estimate of drug-likeness (QED) is 0.496. The molecule has 0 fully saturated rings. The van der Waals surface area contributed by atoms with Crippen molar-refractivity contribution in [3.63, 3.8) is 0 Å². The number of aliphatic imine (C=N–C) groups is 1. The molecule has 0 radical (unpaired) electrons.